The molecule has 0 rings (SSSR count). The van der Waals surface area contributed by atoms with Gasteiger partial charge in [0.2, 0.25) is 0 Å². The number of alkyl carbamates (subject to hydrolysis) is 1. The number of amides is 1. The molecular formula is C9H20NO6P. The van der Waals surface area contributed by atoms with E-state index in [4.69, 9.17) is 9.63 Å². The molecule has 0 fully saturated rings. The van der Waals surface area contributed by atoms with Gasteiger partial charge in [0, 0.05) is 6.54 Å². The third kappa shape index (κ3) is 10.3. The van der Waals surface area contributed by atoms with Crippen molar-refractivity contribution in [3.63, 3.8) is 0 Å². The molecule has 0 aromatic carbocycles. The van der Waals surface area contributed by atoms with Gasteiger partial charge in [-0.1, -0.05) is 0 Å². The molecule has 0 heterocycles. The van der Waals surface area contributed by atoms with Crippen molar-refractivity contribution in [1.82, 2.24) is 5.32 Å². The summed E-state index contributed by atoms with van der Waals surface area (Å²) in [5, 5.41) is 2.38. The maximum absolute atomic E-state index is 11.2. The summed E-state index contributed by atoms with van der Waals surface area (Å²) < 4.78 is 25.0. The van der Waals surface area contributed by atoms with Crippen LogP contribution in [0.25, 0.3) is 0 Å². The molecule has 17 heavy (non-hydrogen) atoms. The van der Waals surface area contributed by atoms with Crippen LogP contribution in [0.1, 0.15) is 27.7 Å². The quantitative estimate of drug-likeness (QED) is 0.562. The van der Waals surface area contributed by atoms with Gasteiger partial charge in [-0.25, -0.2) is 9.36 Å². The molecule has 0 aliphatic heterocycles. The molecule has 0 saturated carbocycles. The number of hydrogen-bond donors (Lipinski definition) is 2. The SMILES string of the molecule is CCOP(=O)(O)OCCNC(=O)OC(C)(C)C. The van der Waals surface area contributed by atoms with Crippen molar-refractivity contribution in [1.29, 1.82) is 0 Å². The molecule has 0 aromatic rings. The van der Waals surface area contributed by atoms with Gasteiger partial charge in [-0.15, -0.1) is 0 Å². The Bertz CT molecular complexity index is 288. The molecular weight excluding hydrogens is 249 g/mol. The minimum atomic E-state index is -3.99. The average Bonchev–Trinajstić information content (AvgIpc) is 2.09. The first kappa shape index (κ1) is 16.4. The molecule has 0 saturated heterocycles. The number of phosphoric acid groups is 1. The number of hydrogen-bond acceptors (Lipinski definition) is 5. The minimum absolute atomic E-state index is 0.0620. The van der Waals surface area contributed by atoms with Crippen LogP contribution in [0.2, 0.25) is 0 Å². The zero-order valence-corrected chi connectivity index (χ0v) is 11.5. The molecule has 7 nitrogen and oxygen atoms in total. The molecule has 0 radical (unpaired) electrons. The van der Waals surface area contributed by atoms with Gasteiger partial charge in [0.1, 0.15) is 5.60 Å². The molecule has 2 N–H and O–H groups in total. The van der Waals surface area contributed by atoms with Crippen LogP contribution in [0, 0.1) is 0 Å². The first-order chi connectivity index (χ1) is 7.66. The summed E-state index contributed by atoms with van der Waals surface area (Å²) in [5.74, 6) is 0. The molecule has 1 amide bonds. The summed E-state index contributed by atoms with van der Waals surface area (Å²) in [4.78, 5) is 20.2. The highest BCUT2D eigenvalue weighted by atomic mass is 31.2. The summed E-state index contributed by atoms with van der Waals surface area (Å²) in [7, 11) is -3.99. The highest BCUT2D eigenvalue weighted by molar-refractivity contribution is 7.47. The van der Waals surface area contributed by atoms with E-state index in [1.807, 2.05) is 0 Å². The van der Waals surface area contributed by atoms with E-state index in [2.05, 4.69) is 14.4 Å². The normalized spacial score (nSPS) is 15.1. The van der Waals surface area contributed by atoms with Gasteiger partial charge < -0.3 is 14.9 Å². The van der Waals surface area contributed by atoms with Gasteiger partial charge in [0.05, 0.1) is 13.2 Å². The van der Waals surface area contributed by atoms with Crippen LogP contribution in [0.3, 0.4) is 0 Å². The molecule has 0 aliphatic carbocycles. The first-order valence-electron chi connectivity index (χ1n) is 5.25. The second-order valence-corrected chi connectivity index (χ2v) is 5.60. The molecule has 1 unspecified atom stereocenters. The summed E-state index contributed by atoms with van der Waals surface area (Å²) in [5.41, 5.74) is -0.581. The molecule has 102 valence electrons. The monoisotopic (exact) mass is 269 g/mol. The highest BCUT2D eigenvalue weighted by Gasteiger charge is 2.20. The summed E-state index contributed by atoms with van der Waals surface area (Å²) in [6.45, 7) is 6.79. The van der Waals surface area contributed by atoms with E-state index in [1.54, 1.807) is 27.7 Å². The van der Waals surface area contributed by atoms with E-state index < -0.39 is 19.5 Å². The largest absolute Gasteiger partial charge is 0.472 e. The lowest BCUT2D eigenvalue weighted by atomic mass is 10.2. The van der Waals surface area contributed by atoms with Crippen LogP contribution in [-0.2, 0) is 18.3 Å². The van der Waals surface area contributed by atoms with Crippen LogP contribution in [0.15, 0.2) is 0 Å². The summed E-state index contributed by atoms with van der Waals surface area (Å²) in [6, 6.07) is 0. The second kappa shape index (κ2) is 6.96. The number of carbonyl (C=O) groups excluding carboxylic acids is 1. The Balaban J connectivity index is 3.72. The number of phosphoric ester groups is 1. The highest BCUT2D eigenvalue weighted by Crippen LogP contribution is 2.42. The van der Waals surface area contributed by atoms with E-state index in [9.17, 15) is 9.36 Å². The number of rotatable bonds is 6. The lowest BCUT2D eigenvalue weighted by Gasteiger charge is -2.19. The summed E-state index contributed by atoms with van der Waals surface area (Å²) in [6.07, 6.45) is -0.606. The molecule has 8 heteroatoms. The number of ether oxygens (including phenoxy) is 1. The predicted molar refractivity (Wildman–Crippen MR) is 61.6 cm³/mol. The average molecular weight is 269 g/mol. The van der Waals surface area contributed by atoms with Gasteiger partial charge >= 0.3 is 13.9 Å². The van der Waals surface area contributed by atoms with Crippen molar-refractivity contribution in [3.05, 3.63) is 0 Å². The maximum Gasteiger partial charge on any atom is 0.472 e. The van der Waals surface area contributed by atoms with E-state index in [-0.39, 0.29) is 19.8 Å². The molecule has 1 atom stereocenters. The van der Waals surface area contributed by atoms with Gasteiger partial charge in [0.15, 0.2) is 0 Å². The Labute approximate surface area is 101 Å². The van der Waals surface area contributed by atoms with Crippen molar-refractivity contribution in [2.45, 2.75) is 33.3 Å². The van der Waals surface area contributed by atoms with Crippen LogP contribution in [0.4, 0.5) is 4.79 Å². The van der Waals surface area contributed by atoms with E-state index in [0.29, 0.717) is 0 Å². The fourth-order valence-electron chi connectivity index (χ4n) is 0.829. The topological polar surface area (TPSA) is 94.1 Å². The summed E-state index contributed by atoms with van der Waals surface area (Å²) >= 11 is 0. The van der Waals surface area contributed by atoms with Gasteiger partial charge in [0.25, 0.3) is 0 Å². The van der Waals surface area contributed by atoms with E-state index in [1.165, 1.54) is 0 Å². The maximum atomic E-state index is 11.2. The Morgan fingerprint density at radius 1 is 1.35 bits per heavy atom. The van der Waals surface area contributed by atoms with Crippen LogP contribution < -0.4 is 5.32 Å². The molecule has 0 bridgehead atoms. The fourth-order valence-corrected chi connectivity index (χ4v) is 1.55. The van der Waals surface area contributed by atoms with Crippen LogP contribution >= 0.6 is 7.82 Å². The Hall–Kier alpha value is -0.620. The van der Waals surface area contributed by atoms with E-state index in [0.717, 1.165) is 0 Å². The zero-order valence-electron chi connectivity index (χ0n) is 10.6. The van der Waals surface area contributed by atoms with Gasteiger partial charge in [-0.3, -0.25) is 9.05 Å². The Morgan fingerprint density at radius 3 is 2.41 bits per heavy atom. The molecule has 0 aliphatic rings. The fraction of sp³-hybridized carbons (Fsp3) is 0.889. The number of carbonyl (C=O) groups is 1. The standard InChI is InChI=1S/C9H20NO6P/c1-5-14-17(12,13)15-7-6-10-8(11)16-9(2,3)4/h5-7H2,1-4H3,(H,10,11)(H,12,13). The first-order valence-corrected chi connectivity index (χ1v) is 6.74. The lowest BCUT2D eigenvalue weighted by molar-refractivity contribution is 0.0513. The van der Waals surface area contributed by atoms with Crippen LogP contribution in [0.5, 0.6) is 0 Å². The predicted octanol–water partition coefficient (Wildman–Crippen LogP) is 1.66. The third-order valence-corrected chi connectivity index (χ3v) is 2.41. The van der Waals surface area contributed by atoms with Crippen molar-refractivity contribution in [2.75, 3.05) is 19.8 Å². The molecule has 0 aromatic heterocycles. The van der Waals surface area contributed by atoms with Crippen molar-refractivity contribution >= 4 is 13.9 Å². The van der Waals surface area contributed by atoms with Crippen LogP contribution in [-0.4, -0.2) is 36.3 Å². The van der Waals surface area contributed by atoms with Crippen molar-refractivity contribution in [3.8, 4) is 0 Å². The Morgan fingerprint density at radius 2 is 1.94 bits per heavy atom. The van der Waals surface area contributed by atoms with Crippen molar-refractivity contribution < 1.29 is 28.0 Å². The minimum Gasteiger partial charge on any atom is -0.444 e. The lowest BCUT2D eigenvalue weighted by Crippen LogP contribution is -2.34. The molecule has 0 spiro atoms. The second-order valence-electron chi connectivity index (χ2n) is 4.15. The third-order valence-electron chi connectivity index (χ3n) is 1.32. The Kier molecular flexibility index (Phi) is 6.70. The van der Waals surface area contributed by atoms with Gasteiger partial charge in [-0.05, 0) is 27.7 Å². The van der Waals surface area contributed by atoms with Crippen molar-refractivity contribution in [2.24, 2.45) is 0 Å². The zero-order chi connectivity index (χ0) is 13.5. The van der Waals surface area contributed by atoms with Gasteiger partial charge in [-0.2, -0.15) is 0 Å². The number of nitrogens with one attached hydrogen (secondary N) is 1. The smallest absolute Gasteiger partial charge is 0.444 e. The van der Waals surface area contributed by atoms with E-state index >= 15 is 0 Å².